The van der Waals surface area contributed by atoms with E-state index in [0.717, 1.165) is 11.3 Å². The predicted octanol–water partition coefficient (Wildman–Crippen LogP) is -0.111. The molecule has 64 valence electrons. The van der Waals surface area contributed by atoms with E-state index in [1.807, 2.05) is 0 Å². The number of halogens is 1. The summed E-state index contributed by atoms with van der Waals surface area (Å²) in [5.74, 6) is -1.08. The lowest BCUT2D eigenvalue weighted by Gasteiger charge is -1.91. The normalized spacial score (nSPS) is 9.92. The van der Waals surface area contributed by atoms with E-state index in [0.29, 0.717) is 4.47 Å². The van der Waals surface area contributed by atoms with Gasteiger partial charge in [0.05, 0.1) is 4.78 Å². The maximum Gasteiger partial charge on any atom is 0.500 e. The predicted molar refractivity (Wildman–Crippen MR) is 48.8 cm³/mol. The molecule has 0 aliphatic heterocycles. The van der Waals surface area contributed by atoms with E-state index in [2.05, 4.69) is 15.9 Å². The first kappa shape index (κ1) is 9.72. The fraction of sp³-hybridized carbons (Fsp3) is 0. The topological polar surface area (TPSA) is 77.8 Å². The molecule has 0 bridgehead atoms. The minimum atomic E-state index is -1.63. The number of rotatable bonds is 2. The first-order chi connectivity index (χ1) is 5.52. The number of thiophene rings is 1. The van der Waals surface area contributed by atoms with Crippen LogP contribution < -0.4 is 4.78 Å². The van der Waals surface area contributed by atoms with E-state index in [9.17, 15) is 4.79 Å². The zero-order valence-electron chi connectivity index (χ0n) is 5.69. The molecule has 0 saturated carbocycles. The van der Waals surface area contributed by atoms with Crippen LogP contribution in [0.2, 0.25) is 0 Å². The van der Waals surface area contributed by atoms with Crippen molar-refractivity contribution in [2.75, 3.05) is 0 Å². The molecule has 0 aliphatic rings. The van der Waals surface area contributed by atoms with Crippen molar-refractivity contribution in [1.29, 1.82) is 0 Å². The fourth-order valence-corrected chi connectivity index (χ4v) is 2.26. The summed E-state index contributed by atoms with van der Waals surface area (Å²) < 4.78 is 0.604. The van der Waals surface area contributed by atoms with Crippen LogP contribution in [-0.2, 0) is 0 Å². The molecule has 0 fully saturated rings. The molecule has 0 aromatic carbocycles. The first-order valence-electron chi connectivity index (χ1n) is 2.91. The van der Waals surface area contributed by atoms with Gasteiger partial charge in [0.25, 0.3) is 0 Å². The lowest BCUT2D eigenvalue weighted by atomic mass is 9.90. The van der Waals surface area contributed by atoms with Crippen LogP contribution in [0.15, 0.2) is 10.5 Å². The van der Waals surface area contributed by atoms with Crippen molar-refractivity contribution >= 4 is 45.1 Å². The number of aromatic carboxylic acids is 1. The van der Waals surface area contributed by atoms with Gasteiger partial charge in [0.15, 0.2) is 0 Å². The second-order valence-electron chi connectivity index (χ2n) is 2.00. The highest BCUT2D eigenvalue weighted by Gasteiger charge is 2.20. The fourth-order valence-electron chi connectivity index (χ4n) is 0.664. The minimum Gasteiger partial charge on any atom is -0.477 e. The van der Waals surface area contributed by atoms with Crippen molar-refractivity contribution in [2.45, 2.75) is 0 Å². The van der Waals surface area contributed by atoms with Crippen LogP contribution in [0.3, 0.4) is 0 Å². The lowest BCUT2D eigenvalue weighted by molar-refractivity contribution is 0.0702. The first-order valence-corrected chi connectivity index (χ1v) is 4.52. The van der Waals surface area contributed by atoms with Gasteiger partial charge in [0.1, 0.15) is 4.88 Å². The Morgan fingerprint density at radius 2 is 2.17 bits per heavy atom. The number of carbonyl (C=O) groups is 1. The van der Waals surface area contributed by atoms with Gasteiger partial charge < -0.3 is 15.2 Å². The molecule has 1 rings (SSSR count). The smallest absolute Gasteiger partial charge is 0.477 e. The van der Waals surface area contributed by atoms with Gasteiger partial charge >= 0.3 is 13.1 Å². The third kappa shape index (κ3) is 1.86. The van der Waals surface area contributed by atoms with Crippen LogP contribution >= 0.6 is 27.3 Å². The van der Waals surface area contributed by atoms with Gasteiger partial charge in [-0.25, -0.2) is 4.79 Å². The van der Waals surface area contributed by atoms with Crippen molar-refractivity contribution in [3.63, 3.8) is 0 Å². The number of carboxylic acid groups (broad SMARTS) is 1. The second kappa shape index (κ2) is 3.57. The summed E-state index contributed by atoms with van der Waals surface area (Å²) in [5.41, 5.74) is 0. The Morgan fingerprint density at radius 1 is 1.58 bits per heavy atom. The molecule has 4 nitrogen and oxygen atoms in total. The molecule has 0 amide bonds. The molecule has 1 aromatic heterocycles. The summed E-state index contributed by atoms with van der Waals surface area (Å²) in [6.45, 7) is 0. The molecule has 0 saturated heterocycles. The largest absolute Gasteiger partial charge is 0.500 e. The Kier molecular flexibility index (Phi) is 2.89. The third-order valence-electron chi connectivity index (χ3n) is 1.16. The zero-order valence-corrected chi connectivity index (χ0v) is 8.09. The summed E-state index contributed by atoms with van der Waals surface area (Å²) in [4.78, 5) is 10.5. The van der Waals surface area contributed by atoms with Gasteiger partial charge in [-0.05, 0) is 6.07 Å². The van der Waals surface area contributed by atoms with E-state index < -0.39 is 13.1 Å². The van der Waals surface area contributed by atoms with E-state index in [1.54, 1.807) is 0 Å². The summed E-state index contributed by atoms with van der Waals surface area (Å²) in [5, 5.41) is 26.0. The highest BCUT2D eigenvalue weighted by molar-refractivity contribution is 9.10. The Hall–Kier alpha value is -0.365. The van der Waals surface area contributed by atoms with E-state index in [4.69, 9.17) is 15.2 Å². The molecule has 12 heavy (non-hydrogen) atoms. The van der Waals surface area contributed by atoms with Gasteiger partial charge in [-0.1, -0.05) is 15.9 Å². The molecule has 0 atom stereocenters. The van der Waals surface area contributed by atoms with Crippen LogP contribution in [0.25, 0.3) is 0 Å². The Balaban J connectivity index is 3.09. The van der Waals surface area contributed by atoms with Crippen molar-refractivity contribution in [1.82, 2.24) is 0 Å². The molecule has 0 aliphatic carbocycles. The van der Waals surface area contributed by atoms with Gasteiger partial charge in [-0.15, -0.1) is 11.3 Å². The molecule has 1 aromatic rings. The highest BCUT2D eigenvalue weighted by Crippen LogP contribution is 2.17. The molecule has 0 radical (unpaired) electrons. The van der Waals surface area contributed by atoms with Crippen molar-refractivity contribution in [2.24, 2.45) is 0 Å². The monoisotopic (exact) mass is 250 g/mol. The number of carboxylic acids is 1. The summed E-state index contributed by atoms with van der Waals surface area (Å²) in [6, 6.07) is 1.34. The van der Waals surface area contributed by atoms with Gasteiger partial charge in [-0.2, -0.15) is 0 Å². The maximum absolute atomic E-state index is 10.4. The molecular weight excluding hydrogens is 247 g/mol. The average Bonchev–Trinajstić information content (AvgIpc) is 2.30. The van der Waals surface area contributed by atoms with Gasteiger partial charge in [0.2, 0.25) is 0 Å². The van der Waals surface area contributed by atoms with Crippen LogP contribution in [0.5, 0.6) is 0 Å². The maximum atomic E-state index is 10.4. The molecule has 7 heteroatoms. The van der Waals surface area contributed by atoms with Crippen LogP contribution in [0.4, 0.5) is 0 Å². The summed E-state index contributed by atoms with van der Waals surface area (Å²) in [6.07, 6.45) is 0. The Labute approximate surface area is 80.7 Å². The van der Waals surface area contributed by atoms with E-state index in [-0.39, 0.29) is 9.65 Å². The Morgan fingerprint density at radius 3 is 2.42 bits per heavy atom. The van der Waals surface area contributed by atoms with Crippen molar-refractivity contribution in [3.8, 4) is 0 Å². The van der Waals surface area contributed by atoms with Gasteiger partial charge in [0, 0.05) is 4.47 Å². The summed E-state index contributed by atoms with van der Waals surface area (Å²) >= 11 is 3.84. The highest BCUT2D eigenvalue weighted by atomic mass is 79.9. The summed E-state index contributed by atoms with van der Waals surface area (Å²) in [7, 11) is -1.63. The molecule has 1 heterocycles. The van der Waals surface area contributed by atoms with E-state index in [1.165, 1.54) is 6.07 Å². The standard InChI is InChI=1S/C5H4BBrO4S/c7-2-1-3(5(8)9)12-4(2)6(10)11/h1,10-11H,(H,8,9). The number of hydrogen-bond acceptors (Lipinski definition) is 4. The molecule has 0 unspecified atom stereocenters. The van der Waals surface area contributed by atoms with Crippen LogP contribution in [0, 0.1) is 0 Å². The minimum absolute atomic E-state index is 0.0741. The quantitative estimate of drug-likeness (QED) is 0.640. The SMILES string of the molecule is O=C(O)c1cc(Br)c(B(O)O)s1. The van der Waals surface area contributed by atoms with E-state index >= 15 is 0 Å². The third-order valence-corrected chi connectivity index (χ3v) is 3.24. The average molecular weight is 251 g/mol. The lowest BCUT2D eigenvalue weighted by Crippen LogP contribution is -2.27. The molecule has 3 N–H and O–H groups in total. The molecule has 0 spiro atoms. The van der Waals surface area contributed by atoms with Crippen LogP contribution in [-0.4, -0.2) is 28.2 Å². The zero-order chi connectivity index (χ0) is 9.30. The Bertz CT molecular complexity index is 310. The van der Waals surface area contributed by atoms with Crippen LogP contribution in [0.1, 0.15) is 9.67 Å². The number of hydrogen-bond donors (Lipinski definition) is 3. The van der Waals surface area contributed by atoms with Crippen molar-refractivity contribution in [3.05, 3.63) is 15.4 Å². The van der Waals surface area contributed by atoms with Crippen molar-refractivity contribution < 1.29 is 19.9 Å². The second-order valence-corrected chi connectivity index (χ2v) is 3.94. The van der Waals surface area contributed by atoms with Gasteiger partial charge in [-0.3, -0.25) is 0 Å². The molecular formula is C5H4BBrO4S.